The lowest BCUT2D eigenvalue weighted by Gasteiger charge is -2.18. The van der Waals surface area contributed by atoms with Gasteiger partial charge in [0.15, 0.2) is 0 Å². The van der Waals surface area contributed by atoms with Gasteiger partial charge in [0.25, 0.3) is 0 Å². The molecule has 1 saturated heterocycles. The summed E-state index contributed by atoms with van der Waals surface area (Å²) < 4.78 is 20.1. The van der Waals surface area contributed by atoms with Gasteiger partial charge in [-0.3, -0.25) is 14.5 Å². The fourth-order valence-corrected chi connectivity index (χ4v) is 3.38. The molecule has 0 aliphatic carbocycles. The highest BCUT2D eigenvalue weighted by Gasteiger charge is 2.32. The topological polar surface area (TPSA) is 103 Å². The van der Waals surface area contributed by atoms with Crippen molar-refractivity contribution in [1.29, 1.82) is 5.26 Å². The van der Waals surface area contributed by atoms with Gasteiger partial charge in [0.05, 0.1) is 24.8 Å². The molecule has 3 amide bonds. The summed E-state index contributed by atoms with van der Waals surface area (Å²) in [4.78, 5) is 37.5. The maximum absolute atomic E-state index is 14.9. The van der Waals surface area contributed by atoms with E-state index in [0.717, 1.165) is 5.56 Å². The molecule has 1 atom stereocenters. The van der Waals surface area contributed by atoms with Gasteiger partial charge in [0, 0.05) is 26.0 Å². The molecule has 1 aliphatic heterocycles. The van der Waals surface area contributed by atoms with Crippen LogP contribution < -0.4 is 10.2 Å². The van der Waals surface area contributed by atoms with Crippen LogP contribution in [0.4, 0.5) is 14.9 Å². The van der Waals surface area contributed by atoms with E-state index < -0.39 is 18.0 Å². The molecule has 2 aromatic rings. The molecule has 0 unspecified atom stereocenters. The van der Waals surface area contributed by atoms with Gasteiger partial charge in [0.2, 0.25) is 11.8 Å². The molecular formula is C23H23FN4O4. The van der Waals surface area contributed by atoms with Crippen LogP contribution in [0.5, 0.6) is 0 Å². The molecule has 8 nitrogen and oxygen atoms in total. The largest absolute Gasteiger partial charge is 0.442 e. The van der Waals surface area contributed by atoms with E-state index in [9.17, 15) is 18.8 Å². The summed E-state index contributed by atoms with van der Waals surface area (Å²) in [7, 11) is 0. The molecule has 0 aromatic heterocycles. The predicted molar refractivity (Wildman–Crippen MR) is 115 cm³/mol. The minimum atomic E-state index is -0.593. The molecule has 3 rings (SSSR count). The first kappa shape index (κ1) is 22.7. The number of carbonyl (C=O) groups is 3. The fourth-order valence-electron chi connectivity index (χ4n) is 3.38. The summed E-state index contributed by atoms with van der Waals surface area (Å²) in [5.74, 6) is -0.916. The smallest absolute Gasteiger partial charge is 0.414 e. The van der Waals surface area contributed by atoms with E-state index in [2.05, 4.69) is 5.32 Å². The van der Waals surface area contributed by atoms with Gasteiger partial charge in [-0.05, 0) is 29.3 Å². The Morgan fingerprint density at radius 1 is 1.25 bits per heavy atom. The quantitative estimate of drug-likeness (QED) is 0.670. The molecule has 2 aromatic carbocycles. The second-order valence-electron chi connectivity index (χ2n) is 7.45. The zero-order valence-corrected chi connectivity index (χ0v) is 17.8. The average Bonchev–Trinajstić information content (AvgIpc) is 3.13. The number of amides is 3. The van der Waals surface area contributed by atoms with Gasteiger partial charge in [-0.25, -0.2) is 9.18 Å². The van der Waals surface area contributed by atoms with Crippen molar-refractivity contribution in [3.63, 3.8) is 0 Å². The second-order valence-corrected chi connectivity index (χ2v) is 7.45. The summed E-state index contributed by atoms with van der Waals surface area (Å²) in [6, 6.07) is 13.5. The monoisotopic (exact) mass is 438 g/mol. The number of anilines is 1. The maximum atomic E-state index is 14.9. The number of hydrogen-bond acceptors (Lipinski definition) is 5. The minimum Gasteiger partial charge on any atom is -0.442 e. The molecule has 1 N–H and O–H groups in total. The number of rotatable bonds is 7. The number of carbonyl (C=O) groups excluding carboxylic acids is 3. The van der Waals surface area contributed by atoms with Crippen molar-refractivity contribution < 1.29 is 23.5 Å². The number of cyclic esters (lactones) is 1. The Hall–Kier alpha value is -3.93. The van der Waals surface area contributed by atoms with Crippen molar-refractivity contribution in [3.05, 3.63) is 53.8 Å². The Bertz CT molecular complexity index is 1060. The van der Waals surface area contributed by atoms with Crippen molar-refractivity contribution in [2.45, 2.75) is 26.5 Å². The number of hydrogen-bond donors (Lipinski definition) is 1. The Balaban J connectivity index is 1.71. The zero-order valence-electron chi connectivity index (χ0n) is 17.8. The highest BCUT2D eigenvalue weighted by Crippen LogP contribution is 2.29. The number of ether oxygens (including phenoxy) is 1. The number of nitrogens with one attached hydrogen (secondary N) is 1. The van der Waals surface area contributed by atoms with Crippen LogP contribution >= 0.6 is 0 Å². The molecule has 0 radical (unpaired) electrons. The Morgan fingerprint density at radius 3 is 2.56 bits per heavy atom. The highest BCUT2D eigenvalue weighted by molar-refractivity contribution is 5.90. The number of nitrogens with zero attached hydrogens (tertiary/aromatic N) is 3. The molecule has 9 heteroatoms. The van der Waals surface area contributed by atoms with Gasteiger partial charge in [0.1, 0.15) is 18.5 Å². The van der Waals surface area contributed by atoms with Gasteiger partial charge >= 0.3 is 6.09 Å². The van der Waals surface area contributed by atoms with E-state index in [1.807, 2.05) is 6.07 Å². The summed E-state index contributed by atoms with van der Waals surface area (Å²) >= 11 is 0. The van der Waals surface area contributed by atoms with Crippen LogP contribution in [0.3, 0.4) is 0 Å². The molecule has 32 heavy (non-hydrogen) atoms. The van der Waals surface area contributed by atoms with Crippen molar-refractivity contribution in [2.24, 2.45) is 0 Å². The van der Waals surface area contributed by atoms with Crippen LogP contribution in [-0.4, -0.2) is 48.5 Å². The lowest BCUT2D eigenvalue weighted by molar-refractivity contribution is -0.128. The standard InChI is InChI=1S/C23H23FN4O4/c1-15(29)26-12-20-14-28(23(31)32-20)19-7-8-21(22(24)11-19)18-5-3-17(4-6-18)13-27(10-9-25)16(2)30/h3-8,11,20H,10,12-14H2,1-2H3,(H,26,29)/t20-/m0/s1. The van der Waals surface area contributed by atoms with Gasteiger partial charge in [-0.1, -0.05) is 24.3 Å². The van der Waals surface area contributed by atoms with Crippen molar-refractivity contribution in [3.8, 4) is 17.2 Å². The van der Waals surface area contributed by atoms with Crippen molar-refractivity contribution in [2.75, 3.05) is 24.5 Å². The van der Waals surface area contributed by atoms with E-state index in [-0.39, 0.29) is 31.4 Å². The number of nitriles is 1. The van der Waals surface area contributed by atoms with Crippen LogP contribution in [0.15, 0.2) is 42.5 Å². The zero-order chi connectivity index (χ0) is 23.3. The van der Waals surface area contributed by atoms with E-state index in [1.54, 1.807) is 36.4 Å². The lowest BCUT2D eigenvalue weighted by Crippen LogP contribution is -2.33. The molecular weight excluding hydrogens is 415 g/mol. The van der Waals surface area contributed by atoms with Crippen LogP contribution in [0.25, 0.3) is 11.1 Å². The third kappa shape index (κ3) is 5.40. The van der Waals surface area contributed by atoms with E-state index in [4.69, 9.17) is 10.00 Å². The summed E-state index contributed by atoms with van der Waals surface area (Å²) in [6.45, 7) is 3.47. The minimum absolute atomic E-state index is 0.00220. The Morgan fingerprint density at radius 2 is 1.97 bits per heavy atom. The van der Waals surface area contributed by atoms with E-state index in [1.165, 1.54) is 29.7 Å². The van der Waals surface area contributed by atoms with Crippen LogP contribution in [0.2, 0.25) is 0 Å². The lowest BCUT2D eigenvalue weighted by atomic mass is 10.0. The van der Waals surface area contributed by atoms with Gasteiger partial charge in [-0.2, -0.15) is 5.26 Å². The Kier molecular flexibility index (Phi) is 7.05. The normalized spacial score (nSPS) is 15.1. The first-order chi connectivity index (χ1) is 15.3. The third-order valence-corrected chi connectivity index (χ3v) is 5.06. The molecule has 1 fully saturated rings. The number of halogens is 1. The summed E-state index contributed by atoms with van der Waals surface area (Å²) in [6.07, 6.45) is -1.10. The molecule has 1 aliphatic rings. The molecule has 0 spiro atoms. The SMILES string of the molecule is CC(=O)NC[C@H]1CN(c2ccc(-c3ccc(CN(CC#N)C(C)=O)cc3)c(F)c2)C(=O)O1. The number of benzene rings is 2. The van der Waals surface area contributed by atoms with Crippen molar-refractivity contribution >= 4 is 23.6 Å². The first-order valence-electron chi connectivity index (χ1n) is 10.0. The highest BCUT2D eigenvalue weighted by atomic mass is 19.1. The van der Waals surface area contributed by atoms with Gasteiger partial charge in [-0.15, -0.1) is 0 Å². The average molecular weight is 438 g/mol. The van der Waals surface area contributed by atoms with E-state index in [0.29, 0.717) is 23.4 Å². The molecule has 0 bridgehead atoms. The molecule has 1 heterocycles. The second kappa shape index (κ2) is 9.92. The van der Waals surface area contributed by atoms with Crippen LogP contribution in [0, 0.1) is 17.1 Å². The molecule has 166 valence electrons. The summed E-state index contributed by atoms with van der Waals surface area (Å²) in [5, 5.41) is 11.4. The van der Waals surface area contributed by atoms with E-state index >= 15 is 0 Å². The van der Waals surface area contributed by atoms with Crippen LogP contribution in [-0.2, 0) is 20.9 Å². The summed E-state index contributed by atoms with van der Waals surface area (Å²) in [5.41, 5.74) is 2.19. The van der Waals surface area contributed by atoms with Gasteiger partial charge < -0.3 is 15.0 Å². The maximum Gasteiger partial charge on any atom is 0.414 e. The van der Waals surface area contributed by atoms with Crippen LogP contribution in [0.1, 0.15) is 19.4 Å². The molecule has 0 saturated carbocycles. The van der Waals surface area contributed by atoms with Crippen molar-refractivity contribution in [1.82, 2.24) is 10.2 Å². The first-order valence-corrected chi connectivity index (χ1v) is 10.0. The fraction of sp³-hybridized carbons (Fsp3) is 0.304. The predicted octanol–water partition coefficient (Wildman–Crippen LogP) is 2.83. The third-order valence-electron chi connectivity index (χ3n) is 5.06. The Labute approximate surface area is 185 Å².